The van der Waals surface area contributed by atoms with Gasteiger partial charge in [-0.1, -0.05) is 44.2 Å². The Kier molecular flexibility index (Phi) is 6.81. The van der Waals surface area contributed by atoms with E-state index in [0.29, 0.717) is 36.0 Å². The number of nitrogens with one attached hydrogen (secondary N) is 1. The molecule has 0 fully saturated rings. The van der Waals surface area contributed by atoms with Gasteiger partial charge in [-0.05, 0) is 35.6 Å². The van der Waals surface area contributed by atoms with Crippen LogP contribution in [0.15, 0.2) is 49.1 Å². The van der Waals surface area contributed by atoms with Crippen molar-refractivity contribution in [3.8, 4) is 11.5 Å². The minimum absolute atomic E-state index is 0.385. The minimum atomic E-state index is -0.385. The van der Waals surface area contributed by atoms with E-state index in [1.54, 1.807) is 25.3 Å². The Morgan fingerprint density at radius 2 is 1.96 bits per heavy atom. The molecule has 3 N–H and O–H groups in total. The Morgan fingerprint density at radius 1 is 1.27 bits per heavy atom. The van der Waals surface area contributed by atoms with E-state index in [0.717, 1.165) is 11.1 Å². The quantitative estimate of drug-likeness (QED) is 0.328. The van der Waals surface area contributed by atoms with E-state index in [1.165, 1.54) is 5.56 Å². The van der Waals surface area contributed by atoms with Crippen LogP contribution < -0.4 is 20.7 Å². The molecule has 138 valence electrons. The fourth-order valence-electron chi connectivity index (χ4n) is 2.65. The summed E-state index contributed by atoms with van der Waals surface area (Å²) in [6.45, 7) is 8.50. The zero-order valence-corrected chi connectivity index (χ0v) is 15.5. The highest BCUT2D eigenvalue weighted by molar-refractivity contribution is 5.94. The maximum atomic E-state index is 11.9. The van der Waals surface area contributed by atoms with Crippen molar-refractivity contribution < 1.29 is 14.3 Å². The Hall–Kier alpha value is -2.79. The summed E-state index contributed by atoms with van der Waals surface area (Å²) in [5.74, 6) is 6.43. The number of amides is 1. The monoisotopic (exact) mass is 354 g/mol. The predicted octanol–water partition coefficient (Wildman–Crippen LogP) is 3.73. The number of nitrogens with two attached hydrogens (primary N) is 1. The first kappa shape index (κ1) is 19.5. The van der Waals surface area contributed by atoms with Gasteiger partial charge in [-0.3, -0.25) is 10.2 Å². The molecule has 5 heteroatoms. The van der Waals surface area contributed by atoms with Crippen molar-refractivity contribution in [1.29, 1.82) is 0 Å². The largest absolute Gasteiger partial charge is 0.493 e. The lowest BCUT2D eigenvalue weighted by Crippen LogP contribution is -2.30. The average molecular weight is 354 g/mol. The van der Waals surface area contributed by atoms with Gasteiger partial charge in [-0.2, -0.15) is 0 Å². The van der Waals surface area contributed by atoms with Crippen LogP contribution in [-0.2, 0) is 13.0 Å². The number of nitrogen functional groups attached to an aromatic ring is 1. The fraction of sp³-hybridized carbons (Fsp3) is 0.286. The molecule has 1 amide bonds. The van der Waals surface area contributed by atoms with Crippen LogP contribution >= 0.6 is 0 Å². The third-order valence-corrected chi connectivity index (χ3v) is 4.14. The number of hydrogen-bond acceptors (Lipinski definition) is 4. The van der Waals surface area contributed by atoms with E-state index < -0.39 is 0 Å². The second-order valence-electron chi connectivity index (χ2n) is 6.32. The van der Waals surface area contributed by atoms with E-state index in [2.05, 4.69) is 50.1 Å². The summed E-state index contributed by atoms with van der Waals surface area (Å²) in [6, 6.07) is 11.7. The van der Waals surface area contributed by atoms with Crippen molar-refractivity contribution >= 4 is 5.91 Å². The van der Waals surface area contributed by atoms with Crippen molar-refractivity contribution in [2.24, 2.45) is 5.84 Å². The highest BCUT2D eigenvalue weighted by atomic mass is 16.5. The summed E-state index contributed by atoms with van der Waals surface area (Å²) in [5.41, 5.74) is 5.71. The third kappa shape index (κ3) is 4.64. The number of hydrazine groups is 1. The molecular formula is C21H26N2O3. The zero-order chi connectivity index (χ0) is 19.1. The Balaban J connectivity index is 2.28. The molecule has 0 atom stereocenters. The molecule has 0 saturated carbocycles. The molecule has 0 aliphatic heterocycles. The summed E-state index contributed by atoms with van der Waals surface area (Å²) in [7, 11) is 1.54. The van der Waals surface area contributed by atoms with Crippen LogP contribution in [0.1, 0.15) is 46.8 Å². The number of benzene rings is 2. The lowest BCUT2D eigenvalue weighted by Gasteiger charge is -2.16. The topological polar surface area (TPSA) is 73.6 Å². The normalized spacial score (nSPS) is 10.5. The first-order chi connectivity index (χ1) is 12.5. The highest BCUT2D eigenvalue weighted by Crippen LogP contribution is 2.34. The van der Waals surface area contributed by atoms with Gasteiger partial charge < -0.3 is 9.47 Å². The number of carbonyl (C=O) groups is 1. The molecule has 2 rings (SSSR count). The van der Waals surface area contributed by atoms with Crippen molar-refractivity contribution in [3.05, 3.63) is 71.3 Å². The number of carbonyl (C=O) groups excluding carboxylic acids is 1. The van der Waals surface area contributed by atoms with Crippen molar-refractivity contribution in [2.75, 3.05) is 7.11 Å². The first-order valence-electron chi connectivity index (χ1n) is 8.54. The van der Waals surface area contributed by atoms with E-state index >= 15 is 0 Å². The molecule has 0 aromatic heterocycles. The number of methoxy groups -OCH3 is 1. The smallest absolute Gasteiger partial charge is 0.265 e. The van der Waals surface area contributed by atoms with Gasteiger partial charge in [0.25, 0.3) is 5.91 Å². The zero-order valence-electron chi connectivity index (χ0n) is 15.5. The molecule has 2 aromatic carbocycles. The molecule has 0 spiro atoms. The van der Waals surface area contributed by atoms with Crippen LogP contribution in [0, 0.1) is 0 Å². The van der Waals surface area contributed by atoms with Crippen molar-refractivity contribution in [1.82, 2.24) is 5.43 Å². The maximum Gasteiger partial charge on any atom is 0.265 e. The van der Waals surface area contributed by atoms with Crippen LogP contribution in [0.3, 0.4) is 0 Å². The fourth-order valence-corrected chi connectivity index (χ4v) is 2.65. The molecule has 2 aromatic rings. The molecule has 0 radical (unpaired) electrons. The SMILES string of the molecule is C=CCc1cc(C(=O)NN)cc(OC)c1OCc1ccc(C(C)C)cc1. The average Bonchev–Trinajstić information content (AvgIpc) is 2.66. The molecule has 26 heavy (non-hydrogen) atoms. The summed E-state index contributed by atoms with van der Waals surface area (Å²) in [6.07, 6.45) is 2.30. The Labute approximate surface area is 154 Å². The first-order valence-corrected chi connectivity index (χ1v) is 8.54. The van der Waals surface area contributed by atoms with Gasteiger partial charge in [0.1, 0.15) is 6.61 Å². The van der Waals surface area contributed by atoms with E-state index in [-0.39, 0.29) is 5.91 Å². The van der Waals surface area contributed by atoms with Gasteiger partial charge in [-0.15, -0.1) is 6.58 Å². The molecule has 0 aliphatic rings. The van der Waals surface area contributed by atoms with Crippen LogP contribution in [0.5, 0.6) is 11.5 Å². The van der Waals surface area contributed by atoms with Gasteiger partial charge in [0.2, 0.25) is 0 Å². The summed E-state index contributed by atoms with van der Waals surface area (Å²) >= 11 is 0. The van der Waals surface area contributed by atoms with E-state index in [9.17, 15) is 4.79 Å². The molecule has 5 nitrogen and oxygen atoms in total. The van der Waals surface area contributed by atoms with Crippen LogP contribution in [0.2, 0.25) is 0 Å². The number of rotatable bonds is 8. The molecule has 0 aliphatic carbocycles. The summed E-state index contributed by atoms with van der Waals surface area (Å²) < 4.78 is 11.5. The van der Waals surface area contributed by atoms with Crippen molar-refractivity contribution in [3.63, 3.8) is 0 Å². The molecular weight excluding hydrogens is 328 g/mol. The summed E-state index contributed by atoms with van der Waals surface area (Å²) in [5, 5.41) is 0. The van der Waals surface area contributed by atoms with Crippen LogP contribution in [0.25, 0.3) is 0 Å². The Bertz CT molecular complexity index is 768. The predicted molar refractivity (Wildman–Crippen MR) is 103 cm³/mol. The van der Waals surface area contributed by atoms with Gasteiger partial charge >= 0.3 is 0 Å². The van der Waals surface area contributed by atoms with Gasteiger partial charge in [0, 0.05) is 11.1 Å². The second-order valence-corrected chi connectivity index (χ2v) is 6.32. The molecule has 0 saturated heterocycles. The molecule has 0 bridgehead atoms. The molecule has 0 heterocycles. The minimum Gasteiger partial charge on any atom is -0.493 e. The van der Waals surface area contributed by atoms with E-state index in [1.807, 2.05) is 0 Å². The molecule has 0 unspecified atom stereocenters. The standard InChI is InChI=1S/C21H26N2O3/c1-5-6-17-11-18(21(24)23-22)12-19(25-4)20(17)26-13-15-7-9-16(10-8-15)14(2)3/h5,7-12,14H,1,6,13,22H2,2-4H3,(H,23,24). The summed E-state index contributed by atoms with van der Waals surface area (Å²) in [4.78, 5) is 11.9. The van der Waals surface area contributed by atoms with Gasteiger partial charge in [-0.25, -0.2) is 5.84 Å². The lowest BCUT2D eigenvalue weighted by atomic mass is 10.0. The Morgan fingerprint density at radius 3 is 2.50 bits per heavy atom. The number of hydrogen-bond donors (Lipinski definition) is 2. The second kappa shape index (κ2) is 9.06. The van der Waals surface area contributed by atoms with Gasteiger partial charge in [0.05, 0.1) is 7.11 Å². The van der Waals surface area contributed by atoms with Crippen molar-refractivity contribution in [2.45, 2.75) is 32.8 Å². The highest BCUT2D eigenvalue weighted by Gasteiger charge is 2.16. The van der Waals surface area contributed by atoms with Crippen LogP contribution in [-0.4, -0.2) is 13.0 Å². The maximum absolute atomic E-state index is 11.9. The van der Waals surface area contributed by atoms with Crippen LogP contribution in [0.4, 0.5) is 0 Å². The van der Waals surface area contributed by atoms with E-state index in [4.69, 9.17) is 15.3 Å². The third-order valence-electron chi connectivity index (χ3n) is 4.14. The lowest BCUT2D eigenvalue weighted by molar-refractivity contribution is 0.0953. The number of ether oxygens (including phenoxy) is 2. The number of allylic oxidation sites excluding steroid dienone is 1. The van der Waals surface area contributed by atoms with Gasteiger partial charge in [0.15, 0.2) is 11.5 Å².